The van der Waals surface area contributed by atoms with Crippen LogP contribution in [0.1, 0.15) is 25.3 Å². The Hall–Kier alpha value is -1.39. The maximum Gasteiger partial charge on any atom is 0.310 e. The fraction of sp³-hybridized carbons (Fsp3) is 0.588. The molecule has 4 nitrogen and oxygen atoms in total. The van der Waals surface area contributed by atoms with Gasteiger partial charge in [0.1, 0.15) is 0 Å². The van der Waals surface area contributed by atoms with E-state index in [1.54, 1.807) is 0 Å². The highest BCUT2D eigenvalue weighted by molar-refractivity contribution is 5.72. The molecule has 0 amide bonds. The number of ether oxygens (including phenoxy) is 3. The van der Waals surface area contributed by atoms with Gasteiger partial charge in [0.15, 0.2) is 0 Å². The molecule has 1 aromatic rings. The Morgan fingerprint density at radius 2 is 2.10 bits per heavy atom. The van der Waals surface area contributed by atoms with E-state index in [9.17, 15) is 4.79 Å². The minimum atomic E-state index is -0.170. The summed E-state index contributed by atoms with van der Waals surface area (Å²) >= 11 is 0. The molecule has 0 aliphatic carbocycles. The largest absolute Gasteiger partial charge is 0.465 e. The van der Waals surface area contributed by atoms with Crippen molar-refractivity contribution in [3.63, 3.8) is 0 Å². The molecule has 2 fully saturated rings. The molecule has 0 radical (unpaired) electrons. The second-order valence-corrected chi connectivity index (χ2v) is 5.79. The molecule has 2 saturated heterocycles. The molecule has 0 spiro atoms. The van der Waals surface area contributed by atoms with Crippen molar-refractivity contribution in [2.24, 2.45) is 5.92 Å². The molecule has 3 rings (SSSR count). The molecule has 114 valence electrons. The molecule has 0 aromatic heterocycles. The molecular formula is C17H22O4. The van der Waals surface area contributed by atoms with Crippen molar-refractivity contribution in [1.82, 2.24) is 0 Å². The van der Waals surface area contributed by atoms with Gasteiger partial charge in [-0.25, -0.2) is 0 Å². The molecule has 1 aromatic carbocycles. The van der Waals surface area contributed by atoms with Crippen LogP contribution in [0.2, 0.25) is 0 Å². The first kappa shape index (κ1) is 14.5. The number of fused-ring (bicyclic) bond motifs is 2. The van der Waals surface area contributed by atoms with E-state index in [2.05, 4.69) is 0 Å². The molecule has 0 N–H and O–H groups in total. The van der Waals surface area contributed by atoms with Crippen molar-refractivity contribution < 1.29 is 19.0 Å². The van der Waals surface area contributed by atoms with Crippen molar-refractivity contribution >= 4 is 5.97 Å². The molecule has 2 aliphatic rings. The fourth-order valence-corrected chi connectivity index (χ4v) is 3.35. The SMILES string of the molecule is CCOC1CC2CC(COC(=O)Cc3ccccc3)C1O2. The van der Waals surface area contributed by atoms with Crippen molar-refractivity contribution in [2.75, 3.05) is 13.2 Å². The molecule has 21 heavy (non-hydrogen) atoms. The predicted molar refractivity (Wildman–Crippen MR) is 77.9 cm³/mol. The lowest BCUT2D eigenvalue weighted by molar-refractivity contribution is -0.145. The van der Waals surface area contributed by atoms with Crippen molar-refractivity contribution in [3.8, 4) is 0 Å². The first-order chi connectivity index (χ1) is 10.3. The van der Waals surface area contributed by atoms with Gasteiger partial charge in [-0.3, -0.25) is 4.79 Å². The molecule has 2 bridgehead atoms. The van der Waals surface area contributed by atoms with Gasteiger partial charge in [0.05, 0.1) is 31.3 Å². The Morgan fingerprint density at radius 1 is 1.29 bits per heavy atom. The summed E-state index contributed by atoms with van der Waals surface area (Å²) in [5.41, 5.74) is 0.985. The van der Waals surface area contributed by atoms with Gasteiger partial charge in [-0.1, -0.05) is 30.3 Å². The van der Waals surface area contributed by atoms with Crippen molar-refractivity contribution in [1.29, 1.82) is 0 Å². The van der Waals surface area contributed by atoms with Crippen LogP contribution in [0.4, 0.5) is 0 Å². The summed E-state index contributed by atoms with van der Waals surface area (Å²) in [5, 5.41) is 0. The molecule has 0 saturated carbocycles. The van der Waals surface area contributed by atoms with Crippen LogP contribution in [0.3, 0.4) is 0 Å². The summed E-state index contributed by atoms with van der Waals surface area (Å²) in [7, 11) is 0. The molecule has 4 atom stereocenters. The van der Waals surface area contributed by atoms with Gasteiger partial charge in [-0.2, -0.15) is 0 Å². The number of carbonyl (C=O) groups excluding carboxylic acids is 1. The maximum absolute atomic E-state index is 11.9. The van der Waals surface area contributed by atoms with Crippen LogP contribution in [0.5, 0.6) is 0 Å². The topological polar surface area (TPSA) is 44.8 Å². The van der Waals surface area contributed by atoms with Gasteiger partial charge in [0, 0.05) is 18.9 Å². The third-order valence-electron chi connectivity index (χ3n) is 4.27. The molecule has 4 heteroatoms. The molecule has 2 aliphatic heterocycles. The minimum absolute atomic E-state index is 0.0967. The van der Waals surface area contributed by atoms with E-state index in [0.717, 1.165) is 18.4 Å². The van der Waals surface area contributed by atoms with Crippen LogP contribution in [0.15, 0.2) is 30.3 Å². The van der Waals surface area contributed by atoms with Gasteiger partial charge in [-0.15, -0.1) is 0 Å². The van der Waals surface area contributed by atoms with Gasteiger partial charge >= 0.3 is 5.97 Å². The van der Waals surface area contributed by atoms with Gasteiger partial charge in [0.25, 0.3) is 0 Å². The molecule has 2 heterocycles. The summed E-state index contributed by atoms with van der Waals surface area (Å²) in [4.78, 5) is 11.9. The first-order valence-electron chi connectivity index (χ1n) is 7.73. The number of hydrogen-bond donors (Lipinski definition) is 0. The van der Waals surface area contributed by atoms with Crippen LogP contribution < -0.4 is 0 Å². The molecule has 4 unspecified atom stereocenters. The van der Waals surface area contributed by atoms with Crippen LogP contribution in [0.25, 0.3) is 0 Å². The van der Waals surface area contributed by atoms with Gasteiger partial charge in [-0.05, 0) is 18.9 Å². The first-order valence-corrected chi connectivity index (χ1v) is 7.73. The van der Waals surface area contributed by atoms with E-state index in [0.29, 0.717) is 19.6 Å². The summed E-state index contributed by atoms with van der Waals surface area (Å²) < 4.78 is 17.0. The monoisotopic (exact) mass is 290 g/mol. The Balaban J connectivity index is 1.46. The number of rotatable bonds is 6. The van der Waals surface area contributed by atoms with Gasteiger partial charge < -0.3 is 14.2 Å². The lowest BCUT2D eigenvalue weighted by atomic mass is 9.87. The summed E-state index contributed by atoms with van der Waals surface area (Å²) in [5.74, 6) is 0.108. The van der Waals surface area contributed by atoms with E-state index in [1.807, 2.05) is 37.3 Å². The van der Waals surface area contributed by atoms with E-state index in [1.165, 1.54) is 0 Å². The Bertz CT molecular complexity index is 473. The highest BCUT2D eigenvalue weighted by atomic mass is 16.6. The fourth-order valence-electron chi connectivity index (χ4n) is 3.35. The standard InChI is InChI=1S/C17H22O4/c1-2-19-15-10-14-9-13(17(15)21-14)11-20-16(18)8-12-6-4-3-5-7-12/h3-7,13-15,17H,2,8-11H2,1H3. The minimum Gasteiger partial charge on any atom is -0.465 e. The molecular weight excluding hydrogens is 268 g/mol. The lowest BCUT2D eigenvalue weighted by Crippen LogP contribution is -2.35. The van der Waals surface area contributed by atoms with E-state index in [4.69, 9.17) is 14.2 Å². The normalized spacial score (nSPS) is 30.5. The zero-order valence-electron chi connectivity index (χ0n) is 12.4. The summed E-state index contributed by atoms with van der Waals surface area (Å²) in [6, 6.07) is 9.67. The predicted octanol–water partition coefficient (Wildman–Crippen LogP) is 2.35. The van der Waals surface area contributed by atoms with E-state index in [-0.39, 0.29) is 30.2 Å². The number of benzene rings is 1. The van der Waals surface area contributed by atoms with Crippen LogP contribution in [0, 0.1) is 5.92 Å². The number of esters is 1. The number of carbonyl (C=O) groups is 1. The summed E-state index contributed by atoms with van der Waals surface area (Å²) in [6.45, 7) is 3.15. The average Bonchev–Trinajstić information content (AvgIpc) is 3.06. The van der Waals surface area contributed by atoms with Crippen molar-refractivity contribution in [3.05, 3.63) is 35.9 Å². The quantitative estimate of drug-likeness (QED) is 0.754. The Labute approximate surface area is 125 Å². The lowest BCUT2D eigenvalue weighted by Gasteiger charge is -2.25. The highest BCUT2D eigenvalue weighted by Crippen LogP contribution is 2.40. The van der Waals surface area contributed by atoms with Crippen LogP contribution >= 0.6 is 0 Å². The summed E-state index contributed by atoms with van der Waals surface area (Å²) in [6.07, 6.45) is 2.84. The third kappa shape index (κ3) is 3.44. The Kier molecular flexibility index (Phi) is 4.56. The third-order valence-corrected chi connectivity index (χ3v) is 4.27. The Morgan fingerprint density at radius 3 is 2.81 bits per heavy atom. The van der Waals surface area contributed by atoms with Gasteiger partial charge in [0.2, 0.25) is 0 Å². The zero-order chi connectivity index (χ0) is 14.7. The highest BCUT2D eigenvalue weighted by Gasteiger charge is 2.48. The van der Waals surface area contributed by atoms with E-state index >= 15 is 0 Å². The second-order valence-electron chi connectivity index (χ2n) is 5.79. The smallest absolute Gasteiger partial charge is 0.310 e. The maximum atomic E-state index is 11.9. The van der Waals surface area contributed by atoms with Crippen LogP contribution in [-0.4, -0.2) is 37.5 Å². The second kappa shape index (κ2) is 6.58. The van der Waals surface area contributed by atoms with Crippen molar-refractivity contribution in [2.45, 2.75) is 44.5 Å². The number of hydrogen-bond acceptors (Lipinski definition) is 4. The zero-order valence-corrected chi connectivity index (χ0v) is 12.4. The average molecular weight is 290 g/mol. The van der Waals surface area contributed by atoms with Crippen LogP contribution in [-0.2, 0) is 25.4 Å². The van der Waals surface area contributed by atoms with E-state index < -0.39 is 0 Å².